The normalized spacial score (nSPS) is 12.9. The van der Waals surface area contributed by atoms with Gasteiger partial charge in [-0.15, -0.1) is 0 Å². The van der Waals surface area contributed by atoms with E-state index in [-0.39, 0.29) is 29.1 Å². The summed E-state index contributed by atoms with van der Waals surface area (Å²) in [6.45, 7) is 5.13. The van der Waals surface area contributed by atoms with Crippen LogP contribution in [0.3, 0.4) is 0 Å². The van der Waals surface area contributed by atoms with Gasteiger partial charge in [0, 0.05) is 17.6 Å². The highest BCUT2D eigenvalue weighted by Gasteiger charge is 2.32. The number of hydrogen-bond donors (Lipinski definition) is 1. The third-order valence-electron chi connectivity index (χ3n) is 6.07. The van der Waals surface area contributed by atoms with Crippen LogP contribution in [-0.2, 0) is 26.2 Å². The molecule has 196 valence electrons. The maximum atomic E-state index is 13.8. The number of sulfonamides is 1. The number of nitrogens with zero attached hydrogens (tertiary/aromatic N) is 2. The molecule has 0 bridgehead atoms. The topological polar surface area (TPSA) is 86.8 Å². The number of halogens is 1. The molecule has 3 aromatic rings. The van der Waals surface area contributed by atoms with Gasteiger partial charge in [0.2, 0.25) is 11.8 Å². The van der Waals surface area contributed by atoms with Crippen LogP contribution in [0, 0.1) is 0 Å². The number of nitrogens with one attached hydrogen (secondary N) is 1. The molecule has 0 heterocycles. The van der Waals surface area contributed by atoms with E-state index < -0.39 is 28.5 Å². The second-order valence-corrected chi connectivity index (χ2v) is 11.1. The van der Waals surface area contributed by atoms with Gasteiger partial charge in [0.25, 0.3) is 10.0 Å². The molecule has 0 aromatic heterocycles. The Hall–Kier alpha value is -3.36. The molecule has 3 rings (SSSR count). The zero-order valence-electron chi connectivity index (χ0n) is 21.2. The van der Waals surface area contributed by atoms with E-state index >= 15 is 0 Å². The second kappa shape index (κ2) is 12.7. The molecule has 0 saturated heterocycles. The number of benzene rings is 3. The molecule has 0 aliphatic carbocycles. The van der Waals surface area contributed by atoms with Crippen molar-refractivity contribution in [3.63, 3.8) is 0 Å². The number of carbonyl (C=O) groups is 2. The average molecular weight is 542 g/mol. The standard InChI is InChI=1S/C28H32ClN3O4S/c1-4-21(2)30-28(34)22(3)31(19-23-12-7-5-8-13-23)27(33)20-32(25-15-11-14-24(29)18-25)37(35,36)26-16-9-6-10-17-26/h5-18,21-22H,4,19-20H2,1-3H3,(H,30,34)/t21-,22+/m1/s1. The van der Waals surface area contributed by atoms with Gasteiger partial charge < -0.3 is 10.2 Å². The number of rotatable bonds is 11. The lowest BCUT2D eigenvalue weighted by Gasteiger charge is -2.32. The van der Waals surface area contributed by atoms with E-state index in [0.717, 1.165) is 16.3 Å². The quantitative estimate of drug-likeness (QED) is 0.375. The Labute approximate surface area is 224 Å². The van der Waals surface area contributed by atoms with Crippen LogP contribution in [0.2, 0.25) is 5.02 Å². The third-order valence-corrected chi connectivity index (χ3v) is 8.09. The van der Waals surface area contributed by atoms with Gasteiger partial charge in [-0.05, 0) is 56.2 Å². The minimum absolute atomic E-state index is 0.0416. The molecule has 0 spiro atoms. The maximum absolute atomic E-state index is 13.8. The first kappa shape index (κ1) is 28.2. The van der Waals surface area contributed by atoms with Gasteiger partial charge in [-0.1, -0.05) is 73.1 Å². The van der Waals surface area contributed by atoms with Crippen LogP contribution in [0.5, 0.6) is 0 Å². The molecule has 9 heteroatoms. The number of anilines is 1. The average Bonchev–Trinajstić information content (AvgIpc) is 2.90. The summed E-state index contributed by atoms with van der Waals surface area (Å²) in [4.78, 5) is 28.3. The lowest BCUT2D eigenvalue weighted by atomic mass is 10.1. The van der Waals surface area contributed by atoms with Crippen LogP contribution < -0.4 is 9.62 Å². The highest BCUT2D eigenvalue weighted by Crippen LogP contribution is 2.26. The maximum Gasteiger partial charge on any atom is 0.264 e. The van der Waals surface area contributed by atoms with Crippen LogP contribution in [0.15, 0.2) is 89.8 Å². The lowest BCUT2D eigenvalue weighted by Crippen LogP contribution is -2.52. The Morgan fingerprint density at radius 3 is 2.14 bits per heavy atom. The zero-order chi connectivity index (χ0) is 27.0. The Morgan fingerprint density at radius 2 is 1.54 bits per heavy atom. The van der Waals surface area contributed by atoms with E-state index in [0.29, 0.717) is 5.02 Å². The molecular formula is C28H32ClN3O4S. The van der Waals surface area contributed by atoms with Crippen molar-refractivity contribution >= 4 is 39.1 Å². The summed E-state index contributed by atoms with van der Waals surface area (Å²) < 4.78 is 28.4. The molecule has 0 unspecified atom stereocenters. The zero-order valence-corrected chi connectivity index (χ0v) is 22.7. The highest BCUT2D eigenvalue weighted by molar-refractivity contribution is 7.92. The van der Waals surface area contributed by atoms with E-state index in [1.54, 1.807) is 43.3 Å². The van der Waals surface area contributed by atoms with Crippen LogP contribution in [0.25, 0.3) is 0 Å². The molecule has 37 heavy (non-hydrogen) atoms. The number of hydrogen-bond acceptors (Lipinski definition) is 4. The molecule has 2 amide bonds. The third kappa shape index (κ3) is 7.33. The molecule has 0 fully saturated rings. The van der Waals surface area contributed by atoms with Crippen molar-refractivity contribution in [2.75, 3.05) is 10.8 Å². The first-order chi connectivity index (χ1) is 17.6. The second-order valence-electron chi connectivity index (χ2n) is 8.81. The van der Waals surface area contributed by atoms with Crippen molar-refractivity contribution in [1.82, 2.24) is 10.2 Å². The minimum Gasteiger partial charge on any atom is -0.352 e. The van der Waals surface area contributed by atoms with Crippen LogP contribution in [0.1, 0.15) is 32.8 Å². The van der Waals surface area contributed by atoms with Crippen LogP contribution in [-0.4, -0.2) is 43.8 Å². The van der Waals surface area contributed by atoms with E-state index in [1.165, 1.54) is 23.1 Å². The van der Waals surface area contributed by atoms with E-state index in [1.807, 2.05) is 44.2 Å². The Balaban J connectivity index is 2.00. The van der Waals surface area contributed by atoms with Gasteiger partial charge in [-0.3, -0.25) is 13.9 Å². The van der Waals surface area contributed by atoms with E-state index in [9.17, 15) is 18.0 Å². The van der Waals surface area contributed by atoms with Gasteiger partial charge in [-0.25, -0.2) is 8.42 Å². The molecule has 3 aromatic carbocycles. The summed E-state index contributed by atoms with van der Waals surface area (Å²) in [5, 5.41) is 3.25. The number of amides is 2. The fourth-order valence-corrected chi connectivity index (χ4v) is 5.32. The number of carbonyl (C=O) groups excluding carboxylic acids is 2. The van der Waals surface area contributed by atoms with Crippen molar-refractivity contribution in [3.05, 3.63) is 95.5 Å². The van der Waals surface area contributed by atoms with Crippen molar-refractivity contribution in [1.29, 1.82) is 0 Å². The highest BCUT2D eigenvalue weighted by atomic mass is 35.5. The van der Waals surface area contributed by atoms with E-state index in [2.05, 4.69) is 5.32 Å². The largest absolute Gasteiger partial charge is 0.352 e. The first-order valence-electron chi connectivity index (χ1n) is 12.1. The fourth-order valence-electron chi connectivity index (χ4n) is 3.71. The molecule has 2 atom stereocenters. The predicted molar refractivity (Wildman–Crippen MR) is 147 cm³/mol. The summed E-state index contributed by atoms with van der Waals surface area (Å²) in [5.74, 6) is -0.825. The first-order valence-corrected chi connectivity index (χ1v) is 13.9. The Bertz CT molecular complexity index is 1300. The summed E-state index contributed by atoms with van der Waals surface area (Å²) in [6.07, 6.45) is 0.739. The van der Waals surface area contributed by atoms with Crippen molar-refractivity contribution < 1.29 is 18.0 Å². The van der Waals surface area contributed by atoms with Crippen LogP contribution >= 0.6 is 11.6 Å². The summed E-state index contributed by atoms with van der Waals surface area (Å²) in [7, 11) is -4.11. The molecule has 0 aliphatic rings. The summed E-state index contributed by atoms with van der Waals surface area (Å²) in [5.41, 5.74) is 1.07. The molecule has 0 saturated carbocycles. The minimum atomic E-state index is -4.11. The van der Waals surface area contributed by atoms with Crippen LogP contribution in [0.4, 0.5) is 5.69 Å². The van der Waals surface area contributed by atoms with Gasteiger partial charge in [-0.2, -0.15) is 0 Å². The molecule has 0 radical (unpaired) electrons. The Kier molecular flexibility index (Phi) is 9.72. The summed E-state index contributed by atoms with van der Waals surface area (Å²) in [6, 6.07) is 22.6. The Morgan fingerprint density at radius 1 is 0.919 bits per heavy atom. The van der Waals surface area contributed by atoms with Gasteiger partial charge in [0.15, 0.2) is 0 Å². The molecule has 0 aliphatic heterocycles. The van der Waals surface area contributed by atoms with E-state index in [4.69, 9.17) is 11.6 Å². The van der Waals surface area contributed by atoms with Gasteiger partial charge in [0.1, 0.15) is 12.6 Å². The molecular weight excluding hydrogens is 510 g/mol. The van der Waals surface area contributed by atoms with Gasteiger partial charge >= 0.3 is 0 Å². The molecule has 1 N–H and O–H groups in total. The smallest absolute Gasteiger partial charge is 0.264 e. The lowest BCUT2D eigenvalue weighted by molar-refractivity contribution is -0.139. The van der Waals surface area contributed by atoms with Gasteiger partial charge in [0.05, 0.1) is 10.6 Å². The SMILES string of the molecule is CC[C@@H](C)NC(=O)[C@H](C)N(Cc1ccccc1)C(=O)CN(c1cccc(Cl)c1)S(=O)(=O)c1ccccc1. The van der Waals surface area contributed by atoms with Crippen molar-refractivity contribution in [3.8, 4) is 0 Å². The molecule has 7 nitrogen and oxygen atoms in total. The van der Waals surface area contributed by atoms with Crippen molar-refractivity contribution in [2.24, 2.45) is 0 Å². The monoisotopic (exact) mass is 541 g/mol. The summed E-state index contributed by atoms with van der Waals surface area (Å²) >= 11 is 6.18. The predicted octanol–water partition coefficient (Wildman–Crippen LogP) is 4.87. The van der Waals surface area contributed by atoms with Crippen molar-refractivity contribution in [2.45, 2.75) is 50.7 Å². The fraction of sp³-hybridized carbons (Fsp3) is 0.286.